The Bertz CT molecular complexity index is 398. The predicted octanol–water partition coefficient (Wildman–Crippen LogP) is 3.29. The molecule has 120 valence electrons. The van der Waals surface area contributed by atoms with Gasteiger partial charge >= 0.3 is 0 Å². The summed E-state index contributed by atoms with van der Waals surface area (Å²) >= 11 is 0. The van der Waals surface area contributed by atoms with Crippen molar-refractivity contribution in [1.82, 2.24) is 5.32 Å². The molecule has 2 N–H and O–H groups in total. The van der Waals surface area contributed by atoms with Gasteiger partial charge in [-0.15, -0.1) is 0 Å². The van der Waals surface area contributed by atoms with Gasteiger partial charge in [0, 0.05) is 24.8 Å². The van der Waals surface area contributed by atoms with E-state index in [1.165, 1.54) is 6.07 Å². The standard InChI is InChI=1S/C17H28FNO2/c1-13(2)7-6-10-21-12-15(20)11-19-14(3)16-8-4-5-9-17(16)18/h4-5,8-9,13-15,19-20H,6-7,10-12H2,1-3H3. The van der Waals surface area contributed by atoms with Crippen molar-refractivity contribution in [3.8, 4) is 0 Å². The third-order valence-electron chi connectivity index (χ3n) is 3.41. The van der Waals surface area contributed by atoms with E-state index in [9.17, 15) is 9.50 Å². The van der Waals surface area contributed by atoms with Crippen LogP contribution in [0.2, 0.25) is 0 Å². The Hall–Kier alpha value is -0.970. The van der Waals surface area contributed by atoms with E-state index in [-0.39, 0.29) is 11.9 Å². The Morgan fingerprint density at radius 3 is 2.62 bits per heavy atom. The lowest BCUT2D eigenvalue weighted by atomic mass is 10.1. The molecule has 0 bridgehead atoms. The molecule has 0 radical (unpaired) electrons. The minimum atomic E-state index is -0.571. The summed E-state index contributed by atoms with van der Waals surface area (Å²) in [7, 11) is 0. The van der Waals surface area contributed by atoms with E-state index < -0.39 is 6.10 Å². The topological polar surface area (TPSA) is 41.5 Å². The van der Waals surface area contributed by atoms with Crippen LogP contribution in [0.1, 0.15) is 45.2 Å². The molecule has 2 unspecified atom stereocenters. The lowest BCUT2D eigenvalue weighted by molar-refractivity contribution is 0.0336. The smallest absolute Gasteiger partial charge is 0.127 e. The number of hydrogen-bond acceptors (Lipinski definition) is 3. The predicted molar refractivity (Wildman–Crippen MR) is 83.7 cm³/mol. The molecule has 21 heavy (non-hydrogen) atoms. The molecule has 0 saturated carbocycles. The summed E-state index contributed by atoms with van der Waals surface area (Å²) in [6, 6.07) is 6.54. The van der Waals surface area contributed by atoms with Crippen molar-refractivity contribution >= 4 is 0 Å². The summed E-state index contributed by atoms with van der Waals surface area (Å²) in [5, 5.41) is 13.0. The van der Waals surface area contributed by atoms with Crippen LogP contribution in [0.3, 0.4) is 0 Å². The van der Waals surface area contributed by atoms with Gasteiger partial charge < -0.3 is 15.2 Å². The number of hydrogen-bond donors (Lipinski definition) is 2. The van der Waals surface area contributed by atoms with E-state index in [4.69, 9.17) is 4.74 Å². The fraction of sp³-hybridized carbons (Fsp3) is 0.647. The quantitative estimate of drug-likeness (QED) is 0.651. The van der Waals surface area contributed by atoms with Gasteiger partial charge in [0.15, 0.2) is 0 Å². The van der Waals surface area contributed by atoms with Crippen molar-refractivity contribution < 1.29 is 14.2 Å². The van der Waals surface area contributed by atoms with Crippen molar-refractivity contribution in [2.75, 3.05) is 19.8 Å². The first kappa shape index (κ1) is 18.1. The highest BCUT2D eigenvalue weighted by Crippen LogP contribution is 2.15. The molecule has 0 aliphatic heterocycles. The Balaban J connectivity index is 2.18. The molecule has 1 aromatic carbocycles. The zero-order valence-electron chi connectivity index (χ0n) is 13.3. The van der Waals surface area contributed by atoms with Crippen LogP contribution >= 0.6 is 0 Å². The first-order valence-electron chi connectivity index (χ1n) is 7.74. The summed E-state index contributed by atoms with van der Waals surface area (Å²) in [6.45, 7) is 7.63. The molecule has 1 aromatic rings. The Labute approximate surface area is 127 Å². The molecule has 4 heteroatoms. The maximum absolute atomic E-state index is 13.6. The van der Waals surface area contributed by atoms with Gasteiger partial charge in [-0.05, 0) is 31.7 Å². The summed E-state index contributed by atoms with van der Waals surface area (Å²) in [5.74, 6) is 0.457. The zero-order valence-corrected chi connectivity index (χ0v) is 13.3. The number of nitrogens with one attached hydrogen (secondary N) is 1. The van der Waals surface area contributed by atoms with Crippen molar-refractivity contribution in [3.05, 3.63) is 35.6 Å². The molecule has 0 aliphatic rings. The molecule has 0 saturated heterocycles. The molecule has 0 aliphatic carbocycles. The van der Waals surface area contributed by atoms with Crippen molar-refractivity contribution in [1.29, 1.82) is 0 Å². The average Bonchev–Trinajstić information content (AvgIpc) is 2.44. The molecule has 3 nitrogen and oxygen atoms in total. The van der Waals surface area contributed by atoms with Gasteiger partial charge in [-0.25, -0.2) is 4.39 Å². The number of benzene rings is 1. The SMILES string of the molecule is CC(C)CCCOCC(O)CNC(C)c1ccccc1F. The minimum Gasteiger partial charge on any atom is -0.389 e. The van der Waals surface area contributed by atoms with E-state index in [0.29, 0.717) is 31.2 Å². The zero-order chi connectivity index (χ0) is 15.7. The molecular weight excluding hydrogens is 269 g/mol. The van der Waals surface area contributed by atoms with E-state index in [2.05, 4.69) is 19.2 Å². The van der Waals surface area contributed by atoms with E-state index in [1.807, 2.05) is 13.0 Å². The fourth-order valence-corrected chi connectivity index (χ4v) is 2.12. The van der Waals surface area contributed by atoms with Crippen molar-refractivity contribution in [2.45, 2.75) is 45.8 Å². The van der Waals surface area contributed by atoms with Crippen molar-refractivity contribution in [2.24, 2.45) is 5.92 Å². The first-order chi connectivity index (χ1) is 10.0. The van der Waals surface area contributed by atoms with Crippen LogP contribution < -0.4 is 5.32 Å². The van der Waals surface area contributed by atoms with Gasteiger partial charge in [-0.1, -0.05) is 32.0 Å². The molecule has 0 heterocycles. The van der Waals surface area contributed by atoms with Crippen LogP contribution in [-0.4, -0.2) is 31.0 Å². The highest BCUT2D eigenvalue weighted by Gasteiger charge is 2.12. The molecule has 0 spiro atoms. The average molecular weight is 297 g/mol. The normalized spacial score (nSPS) is 14.4. The maximum atomic E-state index is 13.6. The molecule has 1 rings (SSSR count). The lowest BCUT2D eigenvalue weighted by Gasteiger charge is -2.18. The van der Waals surface area contributed by atoms with E-state index >= 15 is 0 Å². The number of ether oxygens (including phenoxy) is 1. The van der Waals surface area contributed by atoms with Crippen LogP contribution in [0.15, 0.2) is 24.3 Å². The summed E-state index contributed by atoms with van der Waals surface area (Å²) in [6.07, 6.45) is 1.58. The number of rotatable bonds is 10. The second-order valence-corrected chi connectivity index (χ2v) is 5.92. The Morgan fingerprint density at radius 2 is 1.95 bits per heavy atom. The van der Waals surface area contributed by atoms with Gasteiger partial charge in [0.25, 0.3) is 0 Å². The molecule has 2 atom stereocenters. The highest BCUT2D eigenvalue weighted by molar-refractivity contribution is 5.20. The van der Waals surface area contributed by atoms with Gasteiger partial charge in [0.1, 0.15) is 5.82 Å². The third kappa shape index (κ3) is 7.55. The second kappa shape index (κ2) is 9.87. The molecular formula is C17H28FNO2. The van der Waals surface area contributed by atoms with Gasteiger partial charge in [0.2, 0.25) is 0 Å². The third-order valence-corrected chi connectivity index (χ3v) is 3.41. The monoisotopic (exact) mass is 297 g/mol. The van der Waals surface area contributed by atoms with Crippen LogP contribution in [0.25, 0.3) is 0 Å². The van der Waals surface area contributed by atoms with Crippen LogP contribution in [0.5, 0.6) is 0 Å². The largest absolute Gasteiger partial charge is 0.389 e. The maximum Gasteiger partial charge on any atom is 0.127 e. The molecule has 0 aromatic heterocycles. The number of aliphatic hydroxyl groups is 1. The Morgan fingerprint density at radius 1 is 1.24 bits per heavy atom. The van der Waals surface area contributed by atoms with Gasteiger partial charge in [-0.3, -0.25) is 0 Å². The number of aliphatic hydroxyl groups excluding tert-OH is 1. The summed E-state index contributed by atoms with van der Waals surface area (Å²) in [4.78, 5) is 0. The molecule has 0 amide bonds. The minimum absolute atomic E-state index is 0.137. The molecule has 0 fully saturated rings. The highest BCUT2D eigenvalue weighted by atomic mass is 19.1. The van der Waals surface area contributed by atoms with Crippen LogP contribution in [0.4, 0.5) is 4.39 Å². The lowest BCUT2D eigenvalue weighted by Crippen LogP contribution is -2.32. The van der Waals surface area contributed by atoms with Gasteiger partial charge in [-0.2, -0.15) is 0 Å². The van der Waals surface area contributed by atoms with Crippen LogP contribution in [0, 0.1) is 11.7 Å². The second-order valence-electron chi connectivity index (χ2n) is 5.92. The fourth-order valence-electron chi connectivity index (χ4n) is 2.12. The Kier molecular flexibility index (Phi) is 8.50. The van der Waals surface area contributed by atoms with Crippen molar-refractivity contribution in [3.63, 3.8) is 0 Å². The van der Waals surface area contributed by atoms with Gasteiger partial charge in [0.05, 0.1) is 12.7 Å². The van der Waals surface area contributed by atoms with E-state index in [0.717, 1.165) is 12.8 Å². The first-order valence-corrected chi connectivity index (χ1v) is 7.74. The van der Waals surface area contributed by atoms with E-state index in [1.54, 1.807) is 12.1 Å². The number of halogens is 1. The van der Waals surface area contributed by atoms with Crippen LogP contribution in [-0.2, 0) is 4.74 Å². The summed E-state index contributed by atoms with van der Waals surface area (Å²) in [5.41, 5.74) is 0.613. The summed E-state index contributed by atoms with van der Waals surface area (Å²) < 4.78 is 19.0.